The fraction of sp³-hybridized carbons (Fsp3) is 0.286. The van der Waals surface area contributed by atoms with E-state index in [0.29, 0.717) is 48.8 Å². The van der Waals surface area contributed by atoms with E-state index in [1.807, 2.05) is 4.90 Å². The Kier molecular flexibility index (Phi) is 6.11. The lowest BCUT2D eigenvalue weighted by atomic mass is 10.1. The fourth-order valence-electron chi connectivity index (χ4n) is 3.34. The van der Waals surface area contributed by atoms with Crippen LogP contribution in [0.1, 0.15) is 24.2 Å². The highest BCUT2D eigenvalue weighted by atomic mass is 19.1. The summed E-state index contributed by atoms with van der Waals surface area (Å²) in [5.74, 6) is -1.05. The molecule has 0 aliphatic carbocycles. The molecule has 8 heteroatoms. The Morgan fingerprint density at radius 1 is 0.862 bits per heavy atom. The molecule has 1 saturated heterocycles. The van der Waals surface area contributed by atoms with Gasteiger partial charge in [0.05, 0.1) is 5.69 Å². The maximum absolute atomic E-state index is 14.0. The summed E-state index contributed by atoms with van der Waals surface area (Å²) in [4.78, 5) is 39.4. The number of hydrogen-bond acceptors (Lipinski definition) is 4. The zero-order valence-corrected chi connectivity index (χ0v) is 16.4. The Bertz CT molecular complexity index is 905. The number of hydrogen-bond donors (Lipinski definition) is 2. The van der Waals surface area contributed by atoms with E-state index in [1.54, 1.807) is 41.3 Å². The van der Waals surface area contributed by atoms with Gasteiger partial charge in [0.25, 0.3) is 5.91 Å². The van der Waals surface area contributed by atoms with Crippen molar-refractivity contribution in [1.29, 1.82) is 0 Å². The molecule has 0 unspecified atom stereocenters. The van der Waals surface area contributed by atoms with Gasteiger partial charge in [-0.05, 0) is 30.3 Å². The van der Waals surface area contributed by atoms with Gasteiger partial charge in [-0.15, -0.1) is 0 Å². The molecule has 1 heterocycles. The van der Waals surface area contributed by atoms with E-state index in [9.17, 15) is 18.8 Å². The van der Waals surface area contributed by atoms with Crippen LogP contribution in [0.4, 0.5) is 21.5 Å². The zero-order chi connectivity index (χ0) is 21.0. The lowest BCUT2D eigenvalue weighted by Gasteiger charge is -2.36. The Balaban J connectivity index is 1.75. The number of piperazine rings is 1. The number of amides is 3. The van der Waals surface area contributed by atoms with E-state index in [2.05, 4.69) is 10.6 Å². The number of benzene rings is 2. The van der Waals surface area contributed by atoms with E-state index < -0.39 is 0 Å². The van der Waals surface area contributed by atoms with E-state index in [0.717, 1.165) is 0 Å². The minimum absolute atomic E-state index is 0.211. The second-order valence-electron chi connectivity index (χ2n) is 6.89. The first-order valence-electron chi connectivity index (χ1n) is 9.32. The van der Waals surface area contributed by atoms with Crippen molar-refractivity contribution < 1.29 is 18.8 Å². The third-order valence-corrected chi connectivity index (χ3v) is 4.58. The highest BCUT2D eigenvalue weighted by Gasteiger charge is 2.24. The quantitative estimate of drug-likeness (QED) is 0.830. The molecule has 0 atom stereocenters. The lowest BCUT2D eigenvalue weighted by molar-refractivity contribution is -0.115. The van der Waals surface area contributed by atoms with Gasteiger partial charge in [-0.2, -0.15) is 0 Å². The van der Waals surface area contributed by atoms with Crippen molar-refractivity contribution in [2.24, 2.45) is 0 Å². The molecule has 0 bridgehead atoms. The summed E-state index contributed by atoms with van der Waals surface area (Å²) in [7, 11) is 0. The first kappa shape index (κ1) is 20.3. The fourth-order valence-corrected chi connectivity index (χ4v) is 3.34. The molecule has 152 valence electrons. The zero-order valence-electron chi connectivity index (χ0n) is 16.4. The van der Waals surface area contributed by atoms with Crippen LogP contribution < -0.4 is 15.5 Å². The summed E-state index contributed by atoms with van der Waals surface area (Å²) in [6.45, 7) is 4.64. The summed E-state index contributed by atoms with van der Waals surface area (Å²) in [6, 6.07) is 11.3. The molecule has 1 fully saturated rings. The molecule has 2 N–H and O–H groups in total. The summed E-state index contributed by atoms with van der Waals surface area (Å²) < 4.78 is 14.0. The number of rotatable bonds is 4. The smallest absolute Gasteiger partial charge is 0.254 e. The van der Waals surface area contributed by atoms with Gasteiger partial charge in [0.15, 0.2) is 0 Å². The third-order valence-electron chi connectivity index (χ3n) is 4.58. The maximum atomic E-state index is 14.0. The van der Waals surface area contributed by atoms with Crippen LogP contribution in [-0.4, -0.2) is 48.8 Å². The van der Waals surface area contributed by atoms with Crippen molar-refractivity contribution in [2.75, 3.05) is 41.7 Å². The molecule has 0 aromatic heterocycles. The number of carbonyl (C=O) groups excluding carboxylic acids is 3. The molecule has 1 aliphatic rings. The number of para-hydroxylation sites is 1. The number of anilines is 3. The van der Waals surface area contributed by atoms with Gasteiger partial charge in [-0.1, -0.05) is 12.1 Å². The summed E-state index contributed by atoms with van der Waals surface area (Å²) in [6.07, 6.45) is 0. The van der Waals surface area contributed by atoms with Crippen LogP contribution in [0.3, 0.4) is 0 Å². The molecule has 7 nitrogen and oxygen atoms in total. The number of nitrogens with one attached hydrogen (secondary N) is 2. The number of halogens is 1. The molecule has 29 heavy (non-hydrogen) atoms. The summed E-state index contributed by atoms with van der Waals surface area (Å²) >= 11 is 0. The Morgan fingerprint density at radius 3 is 1.93 bits per heavy atom. The van der Waals surface area contributed by atoms with E-state index in [4.69, 9.17) is 0 Å². The van der Waals surface area contributed by atoms with Crippen LogP contribution >= 0.6 is 0 Å². The summed E-state index contributed by atoms with van der Waals surface area (Å²) in [5.41, 5.74) is 1.74. The normalized spacial score (nSPS) is 13.8. The number of carbonyl (C=O) groups is 3. The van der Waals surface area contributed by atoms with Crippen LogP contribution in [0.25, 0.3) is 0 Å². The average Bonchev–Trinajstić information content (AvgIpc) is 2.67. The Hall–Kier alpha value is -3.42. The molecule has 1 aliphatic heterocycles. The summed E-state index contributed by atoms with van der Waals surface area (Å²) in [5, 5.41) is 5.28. The molecule has 3 amide bonds. The van der Waals surface area contributed by atoms with E-state index in [-0.39, 0.29) is 23.5 Å². The molecule has 0 radical (unpaired) electrons. The third kappa shape index (κ3) is 5.10. The highest BCUT2D eigenvalue weighted by Crippen LogP contribution is 2.23. The monoisotopic (exact) mass is 398 g/mol. The first-order valence-corrected chi connectivity index (χ1v) is 9.32. The largest absolute Gasteiger partial charge is 0.366 e. The van der Waals surface area contributed by atoms with Gasteiger partial charge >= 0.3 is 0 Å². The van der Waals surface area contributed by atoms with Gasteiger partial charge in [0.1, 0.15) is 5.82 Å². The van der Waals surface area contributed by atoms with Crippen LogP contribution in [0, 0.1) is 5.82 Å². The average molecular weight is 398 g/mol. The minimum atomic E-state index is -0.282. The van der Waals surface area contributed by atoms with Gasteiger partial charge < -0.3 is 20.4 Å². The molecule has 3 rings (SSSR count). The lowest BCUT2D eigenvalue weighted by Crippen LogP contribution is -2.49. The maximum Gasteiger partial charge on any atom is 0.254 e. The van der Waals surface area contributed by atoms with Crippen LogP contribution in [0.15, 0.2) is 42.5 Å². The second kappa shape index (κ2) is 8.72. The van der Waals surface area contributed by atoms with E-state index >= 15 is 0 Å². The van der Waals surface area contributed by atoms with Gasteiger partial charge in [0.2, 0.25) is 11.8 Å². The van der Waals surface area contributed by atoms with Crippen molar-refractivity contribution >= 4 is 34.8 Å². The second-order valence-corrected chi connectivity index (χ2v) is 6.89. The van der Waals surface area contributed by atoms with Gasteiger partial charge in [-0.3, -0.25) is 14.4 Å². The molecular weight excluding hydrogens is 375 g/mol. The predicted molar refractivity (Wildman–Crippen MR) is 110 cm³/mol. The van der Waals surface area contributed by atoms with Gasteiger partial charge in [0, 0.05) is 57.0 Å². The topological polar surface area (TPSA) is 81.8 Å². The van der Waals surface area contributed by atoms with E-state index in [1.165, 1.54) is 19.9 Å². The van der Waals surface area contributed by atoms with Crippen LogP contribution in [-0.2, 0) is 9.59 Å². The first-order chi connectivity index (χ1) is 13.8. The van der Waals surface area contributed by atoms with Crippen molar-refractivity contribution in [2.45, 2.75) is 13.8 Å². The standard InChI is InChI=1S/C21H23FN4O3/c1-14(27)23-17-11-16(12-18(13-17)24-15(2)28)21(29)26-9-7-25(8-10-26)20-6-4-3-5-19(20)22/h3-6,11-13H,7-10H2,1-2H3,(H,23,27)(H,24,28). The van der Waals surface area contributed by atoms with Crippen LogP contribution in [0.5, 0.6) is 0 Å². The Morgan fingerprint density at radius 2 is 1.41 bits per heavy atom. The molecular formula is C21H23FN4O3. The van der Waals surface area contributed by atoms with Crippen LogP contribution in [0.2, 0.25) is 0 Å². The number of nitrogens with zero attached hydrogens (tertiary/aromatic N) is 2. The Labute approximate surface area is 168 Å². The van der Waals surface area contributed by atoms with Crippen molar-refractivity contribution in [3.63, 3.8) is 0 Å². The van der Waals surface area contributed by atoms with Crippen molar-refractivity contribution in [3.8, 4) is 0 Å². The minimum Gasteiger partial charge on any atom is -0.366 e. The molecule has 0 saturated carbocycles. The molecule has 0 spiro atoms. The highest BCUT2D eigenvalue weighted by molar-refractivity contribution is 6.00. The molecule has 2 aromatic carbocycles. The molecule has 2 aromatic rings. The van der Waals surface area contributed by atoms with Crippen molar-refractivity contribution in [1.82, 2.24) is 4.90 Å². The van der Waals surface area contributed by atoms with Gasteiger partial charge in [-0.25, -0.2) is 4.39 Å². The van der Waals surface area contributed by atoms with Crippen molar-refractivity contribution in [3.05, 3.63) is 53.8 Å². The predicted octanol–water partition coefficient (Wildman–Crippen LogP) is 2.70. The SMILES string of the molecule is CC(=O)Nc1cc(NC(C)=O)cc(C(=O)N2CCN(c3ccccc3F)CC2)c1.